The summed E-state index contributed by atoms with van der Waals surface area (Å²) in [5, 5.41) is 2.45. The van der Waals surface area contributed by atoms with Crippen LogP contribution in [0.1, 0.15) is 19.4 Å². The van der Waals surface area contributed by atoms with Crippen LogP contribution in [0.5, 0.6) is 0 Å². The van der Waals surface area contributed by atoms with Crippen LogP contribution in [0.2, 0.25) is 0 Å². The number of hydrogen-bond donors (Lipinski definition) is 0. The van der Waals surface area contributed by atoms with Gasteiger partial charge in [-0.2, -0.15) is 0 Å². The summed E-state index contributed by atoms with van der Waals surface area (Å²) in [4.78, 5) is 2.45. The number of benzene rings is 2. The Morgan fingerprint density at radius 2 is 1.62 bits per heavy atom. The first-order chi connectivity index (χ1) is 9.83. The maximum atomic E-state index is 6.06. The lowest BCUT2D eigenvalue weighted by atomic mass is 10.1. The molecular formula is C18H22ClNO. The highest BCUT2D eigenvalue weighted by Crippen LogP contribution is 2.30. The van der Waals surface area contributed by atoms with Crippen LogP contribution in [-0.2, 0) is 6.42 Å². The molecule has 1 aromatic heterocycles. The van der Waals surface area contributed by atoms with E-state index in [0.29, 0.717) is 0 Å². The summed E-state index contributed by atoms with van der Waals surface area (Å²) in [6.45, 7) is 7.72. The standard InChI is InChI=1S/C18H21NO.ClH/c1-3-19(4-2)13-12-14-8-7-10-16-15-9-5-6-11-17(15)20-18(14)16;/h5-11H,3-4,12-13H2,1-2H3;1H. The maximum Gasteiger partial charge on any atom is 0.138 e. The zero-order valence-electron chi connectivity index (χ0n) is 12.6. The molecule has 3 aromatic rings. The van der Waals surface area contributed by atoms with Crippen molar-refractivity contribution in [3.63, 3.8) is 0 Å². The van der Waals surface area contributed by atoms with Gasteiger partial charge in [-0.25, -0.2) is 0 Å². The first-order valence-electron chi connectivity index (χ1n) is 7.45. The molecule has 0 saturated carbocycles. The maximum absolute atomic E-state index is 6.06. The molecule has 0 unspecified atom stereocenters. The van der Waals surface area contributed by atoms with Crippen LogP contribution >= 0.6 is 12.4 Å². The minimum atomic E-state index is 0. The van der Waals surface area contributed by atoms with E-state index in [1.54, 1.807) is 0 Å². The Balaban J connectivity index is 0.00000161. The zero-order valence-corrected chi connectivity index (χ0v) is 13.5. The van der Waals surface area contributed by atoms with Crippen molar-refractivity contribution in [2.24, 2.45) is 0 Å². The molecule has 0 spiro atoms. The molecule has 112 valence electrons. The molecule has 3 rings (SSSR count). The van der Waals surface area contributed by atoms with E-state index in [-0.39, 0.29) is 12.4 Å². The molecule has 0 aliphatic heterocycles. The average Bonchev–Trinajstić information content (AvgIpc) is 2.88. The Hall–Kier alpha value is -1.51. The lowest BCUT2D eigenvalue weighted by Crippen LogP contribution is -2.25. The van der Waals surface area contributed by atoms with Gasteiger partial charge in [0.15, 0.2) is 0 Å². The lowest BCUT2D eigenvalue weighted by Gasteiger charge is -2.17. The van der Waals surface area contributed by atoms with Gasteiger partial charge >= 0.3 is 0 Å². The Kier molecular flexibility index (Phi) is 5.27. The summed E-state index contributed by atoms with van der Waals surface area (Å²) >= 11 is 0. The molecule has 2 nitrogen and oxygen atoms in total. The van der Waals surface area contributed by atoms with Crippen molar-refractivity contribution in [1.82, 2.24) is 4.90 Å². The van der Waals surface area contributed by atoms with Gasteiger partial charge in [-0.05, 0) is 31.1 Å². The van der Waals surface area contributed by atoms with Gasteiger partial charge in [0.1, 0.15) is 11.2 Å². The Labute approximate surface area is 132 Å². The lowest BCUT2D eigenvalue weighted by molar-refractivity contribution is 0.308. The smallest absolute Gasteiger partial charge is 0.138 e. The van der Waals surface area contributed by atoms with E-state index < -0.39 is 0 Å². The predicted molar refractivity (Wildman–Crippen MR) is 92.5 cm³/mol. The van der Waals surface area contributed by atoms with Crippen LogP contribution in [0, 0.1) is 0 Å². The third-order valence-corrected chi connectivity index (χ3v) is 4.08. The summed E-state index contributed by atoms with van der Waals surface area (Å²) in [6, 6.07) is 14.8. The average molecular weight is 304 g/mol. The van der Waals surface area contributed by atoms with E-state index in [0.717, 1.165) is 37.2 Å². The molecule has 0 fully saturated rings. The number of para-hydroxylation sites is 2. The third-order valence-electron chi connectivity index (χ3n) is 4.08. The van der Waals surface area contributed by atoms with E-state index in [1.807, 2.05) is 12.1 Å². The zero-order chi connectivity index (χ0) is 13.9. The van der Waals surface area contributed by atoms with E-state index in [9.17, 15) is 0 Å². The van der Waals surface area contributed by atoms with Gasteiger partial charge in [-0.15, -0.1) is 12.4 Å². The number of nitrogens with zero attached hydrogens (tertiary/aromatic N) is 1. The molecule has 0 bridgehead atoms. The van der Waals surface area contributed by atoms with Gasteiger partial charge in [0.25, 0.3) is 0 Å². The molecule has 0 radical (unpaired) electrons. The van der Waals surface area contributed by atoms with Crippen LogP contribution in [0.15, 0.2) is 46.9 Å². The van der Waals surface area contributed by atoms with Crippen molar-refractivity contribution >= 4 is 34.3 Å². The van der Waals surface area contributed by atoms with Crippen LogP contribution in [0.3, 0.4) is 0 Å². The van der Waals surface area contributed by atoms with Crippen LogP contribution in [0.4, 0.5) is 0 Å². The number of halogens is 1. The minimum absolute atomic E-state index is 0. The van der Waals surface area contributed by atoms with Crippen molar-refractivity contribution in [2.75, 3.05) is 19.6 Å². The van der Waals surface area contributed by atoms with Gasteiger partial charge in [0, 0.05) is 17.3 Å². The predicted octanol–water partition coefficient (Wildman–Crippen LogP) is 4.89. The molecule has 0 saturated heterocycles. The highest BCUT2D eigenvalue weighted by Gasteiger charge is 2.10. The molecule has 0 aliphatic carbocycles. The number of furan rings is 1. The fourth-order valence-corrected chi connectivity index (χ4v) is 2.82. The van der Waals surface area contributed by atoms with E-state index >= 15 is 0 Å². The van der Waals surface area contributed by atoms with Crippen molar-refractivity contribution in [1.29, 1.82) is 0 Å². The monoisotopic (exact) mass is 303 g/mol. The normalized spacial score (nSPS) is 11.2. The summed E-state index contributed by atoms with van der Waals surface area (Å²) in [7, 11) is 0. The molecular weight excluding hydrogens is 282 g/mol. The Morgan fingerprint density at radius 3 is 2.38 bits per heavy atom. The van der Waals surface area contributed by atoms with Gasteiger partial charge < -0.3 is 9.32 Å². The second-order valence-corrected chi connectivity index (χ2v) is 5.17. The molecule has 0 N–H and O–H groups in total. The van der Waals surface area contributed by atoms with Crippen molar-refractivity contribution < 1.29 is 4.42 Å². The topological polar surface area (TPSA) is 16.4 Å². The summed E-state index contributed by atoms with van der Waals surface area (Å²) in [5.41, 5.74) is 3.35. The van der Waals surface area contributed by atoms with Gasteiger partial charge in [-0.1, -0.05) is 50.2 Å². The summed E-state index contributed by atoms with van der Waals surface area (Å²) in [5.74, 6) is 0. The van der Waals surface area contributed by atoms with Crippen LogP contribution in [-0.4, -0.2) is 24.5 Å². The first kappa shape index (κ1) is 15.9. The van der Waals surface area contributed by atoms with Crippen LogP contribution < -0.4 is 0 Å². The number of fused-ring (bicyclic) bond motifs is 3. The summed E-state index contributed by atoms with van der Waals surface area (Å²) in [6.07, 6.45) is 1.04. The second-order valence-electron chi connectivity index (χ2n) is 5.17. The molecule has 3 heteroatoms. The number of hydrogen-bond acceptors (Lipinski definition) is 2. The third kappa shape index (κ3) is 3.07. The minimum Gasteiger partial charge on any atom is -0.456 e. The van der Waals surface area contributed by atoms with Crippen molar-refractivity contribution in [3.8, 4) is 0 Å². The Morgan fingerprint density at radius 1 is 0.905 bits per heavy atom. The van der Waals surface area contributed by atoms with Crippen LogP contribution in [0.25, 0.3) is 21.9 Å². The van der Waals surface area contributed by atoms with Crippen molar-refractivity contribution in [2.45, 2.75) is 20.3 Å². The van der Waals surface area contributed by atoms with E-state index in [2.05, 4.69) is 49.1 Å². The fourth-order valence-electron chi connectivity index (χ4n) is 2.82. The SMILES string of the molecule is CCN(CC)CCc1cccc2c1oc1ccccc12.Cl. The fraction of sp³-hybridized carbons (Fsp3) is 0.333. The molecule has 0 aliphatic rings. The molecule has 21 heavy (non-hydrogen) atoms. The van der Waals surface area contributed by atoms with Gasteiger partial charge in [0.2, 0.25) is 0 Å². The van der Waals surface area contributed by atoms with E-state index in [1.165, 1.54) is 16.3 Å². The number of rotatable bonds is 5. The summed E-state index contributed by atoms with van der Waals surface area (Å²) < 4.78 is 6.06. The van der Waals surface area contributed by atoms with Crippen molar-refractivity contribution in [3.05, 3.63) is 48.0 Å². The molecule has 1 heterocycles. The molecule has 0 amide bonds. The quantitative estimate of drug-likeness (QED) is 0.667. The largest absolute Gasteiger partial charge is 0.456 e. The Bertz CT molecular complexity index is 715. The second kappa shape index (κ2) is 6.97. The van der Waals surface area contributed by atoms with Gasteiger partial charge in [0.05, 0.1) is 0 Å². The number of likely N-dealkylation sites (N-methyl/N-ethyl adjacent to an activating group) is 1. The highest BCUT2D eigenvalue weighted by molar-refractivity contribution is 6.05. The van der Waals surface area contributed by atoms with Gasteiger partial charge in [-0.3, -0.25) is 0 Å². The highest BCUT2D eigenvalue weighted by atomic mass is 35.5. The molecule has 0 atom stereocenters. The van der Waals surface area contributed by atoms with E-state index in [4.69, 9.17) is 4.42 Å². The first-order valence-corrected chi connectivity index (χ1v) is 7.45. The molecule has 2 aromatic carbocycles.